The topological polar surface area (TPSA) is 9.23 Å². The fraction of sp³-hybridized carbons (Fsp3) is 0.200. The van der Waals surface area contributed by atoms with Crippen LogP contribution in [0.25, 0.3) is 0 Å². The van der Waals surface area contributed by atoms with Crippen LogP contribution in [-0.2, 0) is 4.74 Å². The van der Waals surface area contributed by atoms with E-state index in [0.717, 1.165) is 15.1 Å². The van der Waals surface area contributed by atoms with E-state index in [9.17, 15) is 0 Å². The Kier molecular flexibility index (Phi) is 3.52. The first-order valence-corrected chi connectivity index (χ1v) is 6.34. The SMILES string of the molecule is Clc1ccc(C2OCC(I)=C2Br)cc1. The maximum atomic E-state index is 5.82. The van der Waals surface area contributed by atoms with Gasteiger partial charge in [-0.1, -0.05) is 39.7 Å². The molecular weight excluding hydrogens is 378 g/mol. The van der Waals surface area contributed by atoms with Crippen molar-refractivity contribution in [1.29, 1.82) is 0 Å². The first kappa shape index (κ1) is 10.9. The molecular formula is C10H7BrClIO. The molecule has 0 bridgehead atoms. The zero-order valence-electron chi connectivity index (χ0n) is 7.14. The number of ether oxygens (including phenoxy) is 1. The minimum absolute atomic E-state index is 0.0409. The van der Waals surface area contributed by atoms with E-state index in [1.165, 1.54) is 3.58 Å². The van der Waals surface area contributed by atoms with Crippen LogP contribution in [0.5, 0.6) is 0 Å². The van der Waals surface area contributed by atoms with Gasteiger partial charge in [-0.25, -0.2) is 0 Å². The van der Waals surface area contributed by atoms with Crippen molar-refractivity contribution >= 4 is 50.1 Å². The number of benzene rings is 1. The maximum Gasteiger partial charge on any atom is 0.115 e. The van der Waals surface area contributed by atoms with Crippen LogP contribution in [-0.4, -0.2) is 6.61 Å². The Hall–Kier alpha value is 0.420. The van der Waals surface area contributed by atoms with Crippen LogP contribution in [0, 0.1) is 0 Å². The van der Waals surface area contributed by atoms with Gasteiger partial charge in [-0.15, -0.1) is 0 Å². The second kappa shape index (κ2) is 4.51. The summed E-state index contributed by atoms with van der Waals surface area (Å²) in [6, 6.07) is 7.74. The Morgan fingerprint density at radius 1 is 1.36 bits per heavy atom. The van der Waals surface area contributed by atoms with Crippen molar-refractivity contribution in [1.82, 2.24) is 0 Å². The fourth-order valence-corrected chi connectivity index (χ4v) is 2.42. The van der Waals surface area contributed by atoms with Crippen LogP contribution in [0.15, 0.2) is 32.3 Å². The number of hydrogen-bond donors (Lipinski definition) is 0. The summed E-state index contributed by atoms with van der Waals surface area (Å²) >= 11 is 11.6. The van der Waals surface area contributed by atoms with Crippen LogP contribution >= 0.6 is 50.1 Å². The van der Waals surface area contributed by atoms with E-state index in [4.69, 9.17) is 16.3 Å². The van der Waals surface area contributed by atoms with Crippen molar-refractivity contribution in [3.8, 4) is 0 Å². The lowest BCUT2D eigenvalue weighted by molar-refractivity contribution is 0.127. The summed E-state index contributed by atoms with van der Waals surface area (Å²) in [5.41, 5.74) is 1.13. The Morgan fingerprint density at radius 2 is 2.00 bits per heavy atom. The van der Waals surface area contributed by atoms with Crippen molar-refractivity contribution in [2.45, 2.75) is 6.10 Å². The summed E-state index contributed by atoms with van der Waals surface area (Å²) in [6.07, 6.45) is 0.0409. The molecule has 1 nitrogen and oxygen atoms in total. The molecule has 0 radical (unpaired) electrons. The van der Waals surface area contributed by atoms with E-state index in [1.807, 2.05) is 24.3 Å². The molecule has 74 valence electrons. The smallest absolute Gasteiger partial charge is 0.115 e. The maximum absolute atomic E-state index is 5.82. The lowest BCUT2D eigenvalue weighted by Crippen LogP contribution is -1.97. The second-order valence-corrected chi connectivity index (χ2v) is 5.59. The van der Waals surface area contributed by atoms with Gasteiger partial charge in [-0.05, 0) is 40.3 Å². The molecule has 2 rings (SSSR count). The van der Waals surface area contributed by atoms with Gasteiger partial charge in [0.2, 0.25) is 0 Å². The summed E-state index contributed by atoms with van der Waals surface area (Å²) in [7, 11) is 0. The number of halogens is 3. The molecule has 1 aromatic carbocycles. The predicted octanol–water partition coefficient (Wildman–Crippen LogP) is 4.45. The molecule has 0 amide bonds. The van der Waals surface area contributed by atoms with Crippen molar-refractivity contribution in [3.63, 3.8) is 0 Å². The van der Waals surface area contributed by atoms with Gasteiger partial charge in [0, 0.05) is 13.1 Å². The molecule has 0 N–H and O–H groups in total. The number of hydrogen-bond acceptors (Lipinski definition) is 1. The van der Waals surface area contributed by atoms with E-state index in [1.54, 1.807) is 0 Å². The molecule has 0 saturated heterocycles. The highest BCUT2D eigenvalue weighted by Gasteiger charge is 2.24. The molecule has 0 fully saturated rings. The molecule has 1 aliphatic heterocycles. The van der Waals surface area contributed by atoms with Crippen molar-refractivity contribution < 1.29 is 4.74 Å². The van der Waals surface area contributed by atoms with E-state index in [0.29, 0.717) is 6.61 Å². The fourth-order valence-electron chi connectivity index (χ4n) is 1.32. The van der Waals surface area contributed by atoms with Crippen LogP contribution in [0.2, 0.25) is 5.02 Å². The number of rotatable bonds is 1. The highest BCUT2D eigenvalue weighted by Crippen LogP contribution is 2.40. The molecule has 1 heterocycles. The van der Waals surface area contributed by atoms with E-state index < -0.39 is 0 Å². The first-order chi connectivity index (χ1) is 6.68. The first-order valence-electron chi connectivity index (χ1n) is 4.09. The van der Waals surface area contributed by atoms with Gasteiger partial charge >= 0.3 is 0 Å². The van der Waals surface area contributed by atoms with Crippen LogP contribution in [0.1, 0.15) is 11.7 Å². The Balaban J connectivity index is 2.29. The molecule has 0 aromatic heterocycles. The van der Waals surface area contributed by atoms with Crippen molar-refractivity contribution in [2.75, 3.05) is 6.61 Å². The van der Waals surface area contributed by atoms with Gasteiger partial charge in [0.15, 0.2) is 0 Å². The highest BCUT2D eigenvalue weighted by atomic mass is 127. The monoisotopic (exact) mass is 384 g/mol. The molecule has 1 aromatic rings. The average molecular weight is 385 g/mol. The quantitative estimate of drug-likeness (QED) is 0.649. The summed E-state index contributed by atoms with van der Waals surface area (Å²) in [5.74, 6) is 0. The van der Waals surface area contributed by atoms with Gasteiger partial charge in [-0.2, -0.15) is 0 Å². The Labute approximate surface area is 110 Å². The molecule has 0 aliphatic carbocycles. The molecule has 0 saturated carbocycles. The highest BCUT2D eigenvalue weighted by molar-refractivity contribution is 14.1. The van der Waals surface area contributed by atoms with Crippen LogP contribution < -0.4 is 0 Å². The minimum Gasteiger partial charge on any atom is -0.363 e. The normalized spacial score (nSPS) is 21.8. The van der Waals surface area contributed by atoms with Gasteiger partial charge in [0.25, 0.3) is 0 Å². The zero-order chi connectivity index (χ0) is 10.1. The third-order valence-corrected chi connectivity index (χ3v) is 4.82. The summed E-state index contributed by atoms with van der Waals surface area (Å²) in [6.45, 7) is 0.689. The summed E-state index contributed by atoms with van der Waals surface area (Å²) in [5, 5.41) is 0.751. The van der Waals surface area contributed by atoms with Gasteiger partial charge in [0.05, 0.1) is 6.61 Å². The average Bonchev–Trinajstić information content (AvgIpc) is 2.50. The largest absolute Gasteiger partial charge is 0.363 e. The summed E-state index contributed by atoms with van der Waals surface area (Å²) in [4.78, 5) is 0. The third kappa shape index (κ3) is 2.15. The molecule has 1 unspecified atom stereocenters. The summed E-state index contributed by atoms with van der Waals surface area (Å²) < 4.78 is 7.98. The van der Waals surface area contributed by atoms with Gasteiger partial charge in [0.1, 0.15) is 6.10 Å². The molecule has 1 atom stereocenters. The second-order valence-electron chi connectivity index (χ2n) is 3.00. The lowest BCUT2D eigenvalue weighted by Gasteiger charge is -2.10. The zero-order valence-corrected chi connectivity index (χ0v) is 11.6. The van der Waals surface area contributed by atoms with E-state index in [2.05, 4.69) is 38.5 Å². The van der Waals surface area contributed by atoms with Crippen molar-refractivity contribution in [3.05, 3.63) is 42.9 Å². The minimum atomic E-state index is 0.0409. The predicted molar refractivity (Wildman–Crippen MR) is 70.1 cm³/mol. The standard InChI is InChI=1S/C10H7BrClIO/c11-9-8(13)5-14-10(9)6-1-3-7(12)4-2-6/h1-4,10H,5H2. The van der Waals surface area contributed by atoms with Crippen molar-refractivity contribution in [2.24, 2.45) is 0 Å². The van der Waals surface area contributed by atoms with Crippen LogP contribution in [0.3, 0.4) is 0 Å². The lowest BCUT2D eigenvalue weighted by atomic mass is 10.1. The van der Waals surface area contributed by atoms with E-state index >= 15 is 0 Å². The molecule has 4 heteroatoms. The molecule has 0 spiro atoms. The third-order valence-electron chi connectivity index (χ3n) is 2.04. The van der Waals surface area contributed by atoms with Crippen LogP contribution in [0.4, 0.5) is 0 Å². The van der Waals surface area contributed by atoms with E-state index in [-0.39, 0.29) is 6.10 Å². The van der Waals surface area contributed by atoms with Gasteiger partial charge < -0.3 is 4.74 Å². The Morgan fingerprint density at radius 3 is 2.50 bits per heavy atom. The van der Waals surface area contributed by atoms with Gasteiger partial charge in [-0.3, -0.25) is 0 Å². The Bertz CT molecular complexity index is 374. The molecule has 1 aliphatic rings. The molecule has 14 heavy (non-hydrogen) atoms.